The molecule has 0 spiro atoms. The monoisotopic (exact) mass is 246 g/mol. The summed E-state index contributed by atoms with van der Waals surface area (Å²) in [6, 6.07) is 10.5. The number of ether oxygens (including phenoxy) is 1. The molecule has 0 saturated heterocycles. The van der Waals surface area contributed by atoms with E-state index in [-0.39, 0.29) is 6.10 Å². The van der Waals surface area contributed by atoms with Crippen molar-refractivity contribution in [3.05, 3.63) is 65.7 Å². The van der Waals surface area contributed by atoms with Crippen molar-refractivity contribution in [2.24, 2.45) is 5.73 Å². The standard InChI is InChI=1S/C14H15FN2O/c1-18-14(10-5-3-2-4-6-10)13(16)11-7-12(15)9-17-8-11/h2-9,13-14H,16H2,1H3. The summed E-state index contributed by atoms with van der Waals surface area (Å²) in [5.41, 5.74) is 7.69. The van der Waals surface area contributed by atoms with E-state index in [9.17, 15) is 4.39 Å². The molecule has 1 aromatic carbocycles. The highest BCUT2D eigenvalue weighted by molar-refractivity contribution is 5.24. The van der Waals surface area contributed by atoms with Crippen LogP contribution < -0.4 is 5.73 Å². The molecule has 2 unspecified atom stereocenters. The third-order valence-corrected chi connectivity index (χ3v) is 2.82. The van der Waals surface area contributed by atoms with Crippen LogP contribution in [0.2, 0.25) is 0 Å². The van der Waals surface area contributed by atoms with Crippen LogP contribution in [-0.2, 0) is 4.74 Å². The first-order valence-electron chi connectivity index (χ1n) is 5.66. The largest absolute Gasteiger partial charge is 0.375 e. The van der Waals surface area contributed by atoms with Crippen molar-refractivity contribution in [2.45, 2.75) is 12.1 Å². The highest BCUT2D eigenvalue weighted by Crippen LogP contribution is 2.29. The number of halogens is 1. The smallest absolute Gasteiger partial charge is 0.141 e. The van der Waals surface area contributed by atoms with Crippen LogP contribution in [0.3, 0.4) is 0 Å². The Balaban J connectivity index is 2.28. The summed E-state index contributed by atoms with van der Waals surface area (Å²) in [5, 5.41) is 0. The highest BCUT2D eigenvalue weighted by atomic mass is 19.1. The van der Waals surface area contributed by atoms with Crippen molar-refractivity contribution in [1.29, 1.82) is 0 Å². The number of hydrogen-bond acceptors (Lipinski definition) is 3. The minimum Gasteiger partial charge on any atom is -0.375 e. The Morgan fingerprint density at radius 3 is 2.50 bits per heavy atom. The predicted molar refractivity (Wildman–Crippen MR) is 67.3 cm³/mol. The molecular formula is C14H15FN2O. The number of nitrogens with zero attached hydrogens (tertiary/aromatic N) is 1. The molecule has 4 heteroatoms. The van der Waals surface area contributed by atoms with Crippen LogP contribution in [0.25, 0.3) is 0 Å². The zero-order valence-electron chi connectivity index (χ0n) is 10.1. The fourth-order valence-corrected chi connectivity index (χ4v) is 1.92. The van der Waals surface area contributed by atoms with Crippen LogP contribution in [0.15, 0.2) is 48.8 Å². The number of pyridine rings is 1. The van der Waals surface area contributed by atoms with Crippen molar-refractivity contribution < 1.29 is 9.13 Å². The Kier molecular flexibility index (Phi) is 4.02. The number of rotatable bonds is 4. The lowest BCUT2D eigenvalue weighted by atomic mass is 9.97. The van der Waals surface area contributed by atoms with E-state index in [0.29, 0.717) is 5.56 Å². The quantitative estimate of drug-likeness (QED) is 0.902. The third kappa shape index (κ3) is 2.72. The molecule has 2 aromatic rings. The van der Waals surface area contributed by atoms with Gasteiger partial charge in [-0.1, -0.05) is 30.3 Å². The summed E-state index contributed by atoms with van der Waals surface area (Å²) in [4.78, 5) is 3.81. The van der Waals surface area contributed by atoms with Gasteiger partial charge in [0.2, 0.25) is 0 Å². The van der Waals surface area contributed by atoms with Crippen LogP contribution in [0.1, 0.15) is 23.3 Å². The molecule has 2 N–H and O–H groups in total. The van der Waals surface area contributed by atoms with E-state index < -0.39 is 11.9 Å². The Hall–Kier alpha value is -1.78. The molecule has 2 atom stereocenters. The Labute approximate surface area is 105 Å². The van der Waals surface area contributed by atoms with E-state index >= 15 is 0 Å². The van der Waals surface area contributed by atoms with Gasteiger partial charge in [0.05, 0.1) is 12.2 Å². The van der Waals surface area contributed by atoms with Crippen LogP contribution in [-0.4, -0.2) is 12.1 Å². The topological polar surface area (TPSA) is 48.1 Å². The molecule has 0 amide bonds. The second-order valence-electron chi connectivity index (χ2n) is 4.03. The summed E-state index contributed by atoms with van der Waals surface area (Å²) in [5.74, 6) is -0.397. The molecule has 3 nitrogen and oxygen atoms in total. The lowest BCUT2D eigenvalue weighted by molar-refractivity contribution is 0.0800. The number of hydrogen-bond donors (Lipinski definition) is 1. The fourth-order valence-electron chi connectivity index (χ4n) is 1.92. The molecule has 18 heavy (non-hydrogen) atoms. The predicted octanol–water partition coefficient (Wildman–Crippen LogP) is 2.61. The van der Waals surface area contributed by atoms with Gasteiger partial charge in [0.25, 0.3) is 0 Å². The summed E-state index contributed by atoms with van der Waals surface area (Å²) in [6.45, 7) is 0. The molecular weight excluding hydrogens is 231 g/mol. The lowest BCUT2D eigenvalue weighted by Gasteiger charge is -2.23. The first-order valence-corrected chi connectivity index (χ1v) is 5.66. The average Bonchev–Trinajstić information content (AvgIpc) is 2.41. The van der Waals surface area contributed by atoms with Gasteiger partial charge < -0.3 is 10.5 Å². The minimum atomic E-state index is -0.458. The van der Waals surface area contributed by atoms with E-state index in [4.69, 9.17) is 10.5 Å². The van der Waals surface area contributed by atoms with Crippen LogP contribution >= 0.6 is 0 Å². The van der Waals surface area contributed by atoms with Crippen LogP contribution in [0.4, 0.5) is 4.39 Å². The molecule has 0 aliphatic carbocycles. The van der Waals surface area contributed by atoms with E-state index in [0.717, 1.165) is 11.8 Å². The van der Waals surface area contributed by atoms with Crippen molar-refractivity contribution in [3.63, 3.8) is 0 Å². The van der Waals surface area contributed by atoms with E-state index in [1.54, 1.807) is 13.3 Å². The fraction of sp³-hybridized carbons (Fsp3) is 0.214. The third-order valence-electron chi connectivity index (χ3n) is 2.82. The van der Waals surface area contributed by atoms with E-state index in [1.165, 1.54) is 6.07 Å². The maximum absolute atomic E-state index is 13.1. The first-order chi connectivity index (χ1) is 8.72. The van der Waals surface area contributed by atoms with E-state index in [1.807, 2.05) is 30.3 Å². The minimum absolute atomic E-state index is 0.324. The van der Waals surface area contributed by atoms with E-state index in [2.05, 4.69) is 4.98 Å². The Morgan fingerprint density at radius 2 is 1.89 bits per heavy atom. The summed E-state index contributed by atoms with van der Waals surface area (Å²) in [6.07, 6.45) is 2.39. The summed E-state index contributed by atoms with van der Waals surface area (Å²) >= 11 is 0. The van der Waals surface area contributed by atoms with Gasteiger partial charge in [-0.25, -0.2) is 4.39 Å². The lowest BCUT2D eigenvalue weighted by Crippen LogP contribution is -2.21. The van der Waals surface area contributed by atoms with Crippen LogP contribution in [0, 0.1) is 5.82 Å². The zero-order valence-corrected chi connectivity index (χ0v) is 10.1. The summed E-state index contributed by atoms with van der Waals surface area (Å²) < 4.78 is 18.6. The summed E-state index contributed by atoms with van der Waals surface area (Å²) in [7, 11) is 1.59. The van der Waals surface area contributed by atoms with Gasteiger partial charge in [-0.3, -0.25) is 4.98 Å². The SMILES string of the molecule is COC(c1ccccc1)C(N)c1cncc(F)c1. The van der Waals surface area contributed by atoms with Gasteiger partial charge in [0.15, 0.2) is 0 Å². The first kappa shape index (κ1) is 12.7. The molecule has 0 bridgehead atoms. The van der Waals surface area contributed by atoms with Gasteiger partial charge in [-0.2, -0.15) is 0 Å². The molecule has 0 aliphatic rings. The number of aromatic nitrogens is 1. The van der Waals surface area contributed by atoms with Gasteiger partial charge in [-0.05, 0) is 17.2 Å². The second-order valence-corrected chi connectivity index (χ2v) is 4.03. The van der Waals surface area contributed by atoms with Crippen molar-refractivity contribution in [3.8, 4) is 0 Å². The zero-order chi connectivity index (χ0) is 13.0. The number of benzene rings is 1. The Morgan fingerprint density at radius 1 is 1.17 bits per heavy atom. The molecule has 0 saturated carbocycles. The molecule has 1 heterocycles. The Bertz CT molecular complexity index is 504. The molecule has 0 radical (unpaired) electrons. The maximum atomic E-state index is 13.1. The van der Waals surface area contributed by atoms with Gasteiger partial charge in [0.1, 0.15) is 11.9 Å². The molecule has 1 aromatic heterocycles. The van der Waals surface area contributed by atoms with Gasteiger partial charge in [-0.15, -0.1) is 0 Å². The van der Waals surface area contributed by atoms with Crippen molar-refractivity contribution >= 4 is 0 Å². The molecule has 94 valence electrons. The molecule has 2 rings (SSSR count). The van der Waals surface area contributed by atoms with Crippen molar-refractivity contribution in [1.82, 2.24) is 4.98 Å². The average molecular weight is 246 g/mol. The molecule has 0 aliphatic heterocycles. The van der Waals surface area contributed by atoms with Crippen LogP contribution in [0.5, 0.6) is 0 Å². The molecule has 0 fully saturated rings. The normalized spacial score (nSPS) is 14.2. The second kappa shape index (κ2) is 5.71. The highest BCUT2D eigenvalue weighted by Gasteiger charge is 2.21. The van der Waals surface area contributed by atoms with Crippen molar-refractivity contribution in [2.75, 3.05) is 7.11 Å². The number of nitrogens with two attached hydrogens (primary N) is 1. The van der Waals surface area contributed by atoms with Gasteiger partial charge in [0, 0.05) is 13.3 Å². The maximum Gasteiger partial charge on any atom is 0.141 e. The van der Waals surface area contributed by atoms with Gasteiger partial charge >= 0.3 is 0 Å². The number of methoxy groups -OCH3 is 1.